The molecule has 0 saturated carbocycles. The van der Waals surface area contributed by atoms with Crippen LogP contribution in [0.5, 0.6) is 0 Å². The van der Waals surface area contributed by atoms with Crippen LogP contribution in [-0.4, -0.2) is 17.6 Å². The number of carboxylic acid groups (broad SMARTS) is 1. The monoisotopic (exact) mass is 175 g/mol. The molecule has 1 aromatic rings. The van der Waals surface area contributed by atoms with Crippen molar-refractivity contribution in [2.24, 2.45) is 4.99 Å². The summed E-state index contributed by atoms with van der Waals surface area (Å²) in [6.07, 6.45) is 2.92. The highest BCUT2D eigenvalue weighted by atomic mass is 16.4. The van der Waals surface area contributed by atoms with E-state index in [1.54, 1.807) is 18.2 Å². The fraction of sp³-hybridized carbons (Fsp3) is 0.200. The molecule has 1 aromatic carbocycles. The summed E-state index contributed by atoms with van der Waals surface area (Å²) in [4.78, 5) is 14.9. The Balaban J connectivity index is 2.67. The van der Waals surface area contributed by atoms with E-state index >= 15 is 0 Å². The van der Waals surface area contributed by atoms with Crippen molar-refractivity contribution >= 4 is 12.0 Å². The van der Waals surface area contributed by atoms with Crippen LogP contribution in [0.25, 0.3) is 6.08 Å². The number of carbonyl (C=O) groups is 1. The second-order valence-corrected chi connectivity index (χ2v) is 2.95. The van der Waals surface area contributed by atoms with Crippen molar-refractivity contribution in [3.8, 4) is 0 Å². The van der Waals surface area contributed by atoms with Gasteiger partial charge in [0.15, 0.2) is 0 Å². The van der Waals surface area contributed by atoms with Crippen LogP contribution in [0.15, 0.2) is 23.2 Å². The molecule has 0 aliphatic carbocycles. The van der Waals surface area contributed by atoms with Gasteiger partial charge in [0, 0.05) is 6.54 Å². The summed E-state index contributed by atoms with van der Waals surface area (Å²) in [5.41, 5.74) is 0.326. The van der Waals surface area contributed by atoms with Gasteiger partial charge in [0.1, 0.15) is 0 Å². The minimum absolute atomic E-state index is 0.326. The molecule has 0 radical (unpaired) electrons. The van der Waals surface area contributed by atoms with Crippen LogP contribution in [0.1, 0.15) is 16.8 Å². The number of rotatable bonds is 1. The van der Waals surface area contributed by atoms with Gasteiger partial charge in [0.25, 0.3) is 0 Å². The highest BCUT2D eigenvalue weighted by molar-refractivity contribution is 5.87. The molecule has 0 atom stereocenters. The number of hydrogen-bond donors (Lipinski definition) is 1. The summed E-state index contributed by atoms with van der Waals surface area (Å²) in [6.45, 7) is 0.805. The molecule has 0 amide bonds. The van der Waals surface area contributed by atoms with Crippen LogP contribution in [0.2, 0.25) is 0 Å². The van der Waals surface area contributed by atoms with Gasteiger partial charge in [-0.25, -0.2) is 4.79 Å². The first-order valence-corrected chi connectivity index (χ1v) is 4.15. The Morgan fingerprint density at radius 2 is 2.31 bits per heavy atom. The molecule has 1 aliphatic heterocycles. The maximum absolute atomic E-state index is 10.6. The summed E-state index contributed by atoms with van der Waals surface area (Å²) >= 11 is 0. The topological polar surface area (TPSA) is 49.7 Å². The van der Waals surface area contributed by atoms with Crippen LogP contribution in [0.4, 0.5) is 0 Å². The van der Waals surface area contributed by atoms with Crippen LogP contribution >= 0.6 is 0 Å². The van der Waals surface area contributed by atoms with Crippen LogP contribution in [0.3, 0.4) is 0 Å². The Hall–Kier alpha value is -1.64. The van der Waals surface area contributed by atoms with Gasteiger partial charge in [0.05, 0.1) is 10.9 Å². The van der Waals surface area contributed by atoms with Crippen molar-refractivity contribution in [3.05, 3.63) is 34.3 Å². The van der Waals surface area contributed by atoms with E-state index in [0.29, 0.717) is 5.56 Å². The summed E-state index contributed by atoms with van der Waals surface area (Å²) in [7, 11) is 0. The Kier molecular flexibility index (Phi) is 1.85. The van der Waals surface area contributed by atoms with E-state index in [9.17, 15) is 4.79 Å². The van der Waals surface area contributed by atoms with Crippen LogP contribution in [0, 0.1) is 0 Å². The Morgan fingerprint density at radius 1 is 1.46 bits per heavy atom. The van der Waals surface area contributed by atoms with Gasteiger partial charge in [-0.15, -0.1) is 0 Å². The highest BCUT2D eigenvalue weighted by Gasteiger charge is 2.02. The zero-order valence-electron chi connectivity index (χ0n) is 7.03. The highest BCUT2D eigenvalue weighted by Crippen LogP contribution is 1.93. The quantitative estimate of drug-likeness (QED) is 0.662. The van der Waals surface area contributed by atoms with E-state index in [4.69, 9.17) is 5.11 Å². The lowest BCUT2D eigenvalue weighted by molar-refractivity contribution is 0.0697. The minimum Gasteiger partial charge on any atom is -0.478 e. The zero-order chi connectivity index (χ0) is 9.26. The van der Waals surface area contributed by atoms with E-state index in [1.165, 1.54) is 0 Å². The fourth-order valence-corrected chi connectivity index (χ4v) is 1.40. The minimum atomic E-state index is -0.887. The van der Waals surface area contributed by atoms with Gasteiger partial charge in [-0.3, -0.25) is 4.99 Å². The van der Waals surface area contributed by atoms with Gasteiger partial charge >= 0.3 is 5.97 Å². The van der Waals surface area contributed by atoms with Crippen molar-refractivity contribution in [2.45, 2.75) is 6.42 Å². The summed E-state index contributed by atoms with van der Waals surface area (Å²) in [5, 5.41) is 10.6. The van der Waals surface area contributed by atoms with Gasteiger partial charge in [-0.1, -0.05) is 6.08 Å². The molecule has 1 heterocycles. The van der Waals surface area contributed by atoms with E-state index in [-0.39, 0.29) is 0 Å². The van der Waals surface area contributed by atoms with Crippen LogP contribution < -0.4 is 10.6 Å². The predicted molar refractivity (Wildman–Crippen MR) is 48.1 cm³/mol. The number of carboxylic acids is 1. The average molecular weight is 175 g/mol. The first-order chi connectivity index (χ1) is 6.27. The standard InChI is InChI=1S/C10H9NO2/c12-10(13)8-3-4-9-7(6-8)2-1-5-11-9/h2-4,6H,1,5H2,(H,12,13). The molecule has 1 aliphatic rings. The van der Waals surface area contributed by atoms with Gasteiger partial charge in [0.2, 0.25) is 0 Å². The van der Waals surface area contributed by atoms with Crippen molar-refractivity contribution in [1.29, 1.82) is 0 Å². The molecule has 3 heteroatoms. The normalized spacial score (nSPS) is 13.8. The molecule has 0 bridgehead atoms. The maximum Gasteiger partial charge on any atom is 0.335 e. The van der Waals surface area contributed by atoms with Crippen molar-refractivity contribution in [2.75, 3.05) is 6.54 Å². The Morgan fingerprint density at radius 3 is 3.08 bits per heavy atom. The van der Waals surface area contributed by atoms with Crippen LogP contribution in [-0.2, 0) is 0 Å². The maximum atomic E-state index is 10.6. The van der Waals surface area contributed by atoms with E-state index < -0.39 is 5.97 Å². The van der Waals surface area contributed by atoms with E-state index in [1.807, 2.05) is 6.08 Å². The molecule has 66 valence electrons. The number of hydrogen-bond acceptors (Lipinski definition) is 2. The third-order valence-electron chi connectivity index (χ3n) is 2.05. The van der Waals surface area contributed by atoms with Gasteiger partial charge in [-0.05, 0) is 29.8 Å². The lowest BCUT2D eigenvalue weighted by Crippen LogP contribution is -2.28. The van der Waals surface area contributed by atoms with E-state index in [2.05, 4.69) is 4.99 Å². The molecular weight excluding hydrogens is 166 g/mol. The molecular formula is C10H9NO2. The molecule has 13 heavy (non-hydrogen) atoms. The lowest BCUT2D eigenvalue weighted by Gasteiger charge is -2.00. The Labute approximate surface area is 75.0 Å². The first-order valence-electron chi connectivity index (χ1n) is 4.15. The summed E-state index contributed by atoms with van der Waals surface area (Å²) < 4.78 is 0. The number of nitrogens with zero attached hydrogens (tertiary/aromatic N) is 1. The Bertz CT molecular complexity index is 462. The number of aromatic carboxylic acids is 1. The van der Waals surface area contributed by atoms with Gasteiger partial charge in [-0.2, -0.15) is 0 Å². The molecule has 3 nitrogen and oxygen atoms in total. The molecule has 0 aromatic heterocycles. The lowest BCUT2D eigenvalue weighted by atomic mass is 10.1. The molecule has 0 unspecified atom stereocenters. The second-order valence-electron chi connectivity index (χ2n) is 2.95. The zero-order valence-corrected chi connectivity index (χ0v) is 7.03. The first kappa shape index (κ1) is 7.98. The van der Waals surface area contributed by atoms with E-state index in [0.717, 1.165) is 23.5 Å². The molecule has 0 fully saturated rings. The molecule has 1 N–H and O–H groups in total. The second kappa shape index (κ2) is 3.01. The third-order valence-corrected chi connectivity index (χ3v) is 2.05. The summed E-state index contributed by atoms with van der Waals surface area (Å²) in [6, 6.07) is 5.01. The van der Waals surface area contributed by atoms with Gasteiger partial charge < -0.3 is 5.11 Å². The largest absolute Gasteiger partial charge is 0.478 e. The molecule has 0 spiro atoms. The smallest absolute Gasteiger partial charge is 0.335 e. The predicted octanol–water partition coefficient (Wildman–Crippen LogP) is 0.189. The number of fused-ring (bicyclic) bond motifs is 1. The van der Waals surface area contributed by atoms with Crippen molar-refractivity contribution in [1.82, 2.24) is 0 Å². The van der Waals surface area contributed by atoms with Crippen molar-refractivity contribution in [3.63, 3.8) is 0 Å². The molecule has 0 saturated heterocycles. The third kappa shape index (κ3) is 1.45. The summed E-state index contributed by atoms with van der Waals surface area (Å²) in [5.74, 6) is -0.887. The SMILES string of the molecule is O=C(O)c1ccc2c(c1)=CCCN=2. The molecule has 2 rings (SSSR count). The van der Waals surface area contributed by atoms with Crippen molar-refractivity contribution < 1.29 is 9.90 Å². The average Bonchev–Trinajstić information content (AvgIpc) is 2.17. The number of benzene rings is 1. The fourth-order valence-electron chi connectivity index (χ4n) is 1.40.